The van der Waals surface area contributed by atoms with Gasteiger partial charge in [0.05, 0.1) is 18.8 Å². The lowest BCUT2D eigenvalue weighted by Gasteiger charge is -2.35. The molecule has 1 aromatic rings. The summed E-state index contributed by atoms with van der Waals surface area (Å²) in [6, 6.07) is 2.85. The minimum absolute atomic E-state index is 0.0666. The average Bonchev–Trinajstić information content (AvgIpc) is 3.78. The molecule has 0 bridgehead atoms. The van der Waals surface area contributed by atoms with Crippen LogP contribution in [0.25, 0.3) is 0 Å². The second-order valence-electron chi connectivity index (χ2n) is 13.8. The predicted octanol–water partition coefficient (Wildman–Crippen LogP) is 5.48. The van der Waals surface area contributed by atoms with Crippen LogP contribution in [-0.2, 0) is 30.2 Å². The molecule has 4 fully saturated rings. The number of nitrogens with one attached hydrogen (secondary N) is 1. The number of carbonyl (C=O) groups excluding carboxylic acids is 2. The Morgan fingerprint density at radius 2 is 1.88 bits per heavy atom. The van der Waals surface area contributed by atoms with E-state index in [2.05, 4.69) is 10.3 Å². The van der Waals surface area contributed by atoms with Crippen LogP contribution in [0.4, 0.5) is 4.79 Å². The van der Waals surface area contributed by atoms with Gasteiger partial charge in [0.15, 0.2) is 5.60 Å². The summed E-state index contributed by atoms with van der Waals surface area (Å²) in [4.78, 5) is 31.1. The van der Waals surface area contributed by atoms with Crippen molar-refractivity contribution in [1.29, 1.82) is 0 Å². The van der Waals surface area contributed by atoms with E-state index >= 15 is 0 Å². The fraction of sp³-hybridized carbons (Fsp3) is 0.774. The molecule has 5 rings (SSSR count). The highest BCUT2D eigenvalue weighted by Crippen LogP contribution is 2.56. The van der Waals surface area contributed by atoms with Gasteiger partial charge >= 0.3 is 12.1 Å². The Kier molecular flexibility index (Phi) is 8.09. The molecule has 3 aliphatic carbocycles. The molecule has 0 unspecified atom stereocenters. The molecule has 4 aliphatic rings. The van der Waals surface area contributed by atoms with E-state index in [0.717, 1.165) is 25.0 Å². The van der Waals surface area contributed by atoms with Crippen molar-refractivity contribution in [3.05, 3.63) is 24.0 Å². The number of rotatable bonds is 11. The molecule has 9 heteroatoms. The number of hydrogen-bond acceptors (Lipinski definition) is 8. The molecular weight excluding hydrogens is 512 g/mol. The van der Waals surface area contributed by atoms with Crippen LogP contribution in [0.15, 0.2) is 18.3 Å². The van der Waals surface area contributed by atoms with Crippen LogP contribution in [0.3, 0.4) is 0 Å². The van der Waals surface area contributed by atoms with E-state index in [-0.39, 0.29) is 19.1 Å². The number of cyclic esters (lactones) is 1. The third-order valence-electron chi connectivity index (χ3n) is 8.50. The minimum Gasteiger partial charge on any atom is -0.490 e. The minimum atomic E-state index is -1.56. The first-order valence-corrected chi connectivity index (χ1v) is 15.0. The summed E-state index contributed by atoms with van der Waals surface area (Å²) >= 11 is 0. The first-order valence-electron chi connectivity index (χ1n) is 15.0. The maximum absolute atomic E-state index is 13.6. The van der Waals surface area contributed by atoms with Gasteiger partial charge < -0.3 is 29.0 Å². The van der Waals surface area contributed by atoms with Gasteiger partial charge in [0.25, 0.3) is 0 Å². The molecule has 0 radical (unpaired) electrons. The van der Waals surface area contributed by atoms with Crippen LogP contribution in [0.2, 0.25) is 0 Å². The molecule has 3 saturated carbocycles. The molecule has 0 aromatic carbocycles. The molecule has 222 valence electrons. The topological polar surface area (TPSA) is 105 Å². The fourth-order valence-corrected chi connectivity index (χ4v) is 5.94. The van der Waals surface area contributed by atoms with Gasteiger partial charge in [-0.15, -0.1) is 0 Å². The van der Waals surface area contributed by atoms with Gasteiger partial charge in [0.1, 0.15) is 11.4 Å². The second-order valence-corrected chi connectivity index (χ2v) is 13.8. The van der Waals surface area contributed by atoms with E-state index in [4.69, 9.17) is 23.7 Å². The molecule has 1 saturated heterocycles. The Morgan fingerprint density at radius 1 is 1.15 bits per heavy atom. The van der Waals surface area contributed by atoms with E-state index in [9.17, 15) is 9.59 Å². The summed E-state index contributed by atoms with van der Waals surface area (Å²) in [7, 11) is 0. The van der Waals surface area contributed by atoms with E-state index in [1.807, 2.05) is 12.1 Å². The van der Waals surface area contributed by atoms with Crippen LogP contribution in [0.5, 0.6) is 5.75 Å². The Morgan fingerprint density at radius 3 is 2.48 bits per heavy atom. The summed E-state index contributed by atoms with van der Waals surface area (Å²) in [6.45, 7) is 9.35. The normalized spacial score (nSPS) is 26.3. The van der Waals surface area contributed by atoms with Crippen LogP contribution in [0.1, 0.15) is 98.1 Å². The standard InChI is InChI=1S/C31H46N2O7/c1-28(2,3)39-27(35)33-25(20-36-17-11-21-6-7-21)31(26(34)38-29(4,5)40-31)19-22-18-24(10-16-32-22)37-23-8-12-30(13-9-23)14-15-30/h10,16,18,21,23,25H,6-9,11-15,17,19-20H2,1-5H3,(H,33,35)/t25-,31+/m0/s1. The highest BCUT2D eigenvalue weighted by molar-refractivity contribution is 5.84. The highest BCUT2D eigenvalue weighted by Gasteiger charge is 2.59. The Hall–Kier alpha value is -2.39. The van der Waals surface area contributed by atoms with Crippen molar-refractivity contribution in [2.45, 2.75) is 128 Å². The number of ether oxygens (including phenoxy) is 5. The lowest BCUT2D eigenvalue weighted by molar-refractivity contribution is -0.172. The molecular formula is C31H46N2O7. The number of pyridine rings is 1. The summed E-state index contributed by atoms with van der Waals surface area (Å²) in [5.41, 5.74) is -1.07. The highest BCUT2D eigenvalue weighted by atomic mass is 16.8. The Balaban J connectivity index is 1.34. The van der Waals surface area contributed by atoms with Crippen LogP contribution in [0, 0.1) is 11.3 Å². The first-order chi connectivity index (χ1) is 18.9. The number of nitrogens with zero attached hydrogens (tertiary/aromatic N) is 1. The van der Waals surface area contributed by atoms with Crippen molar-refractivity contribution in [2.75, 3.05) is 13.2 Å². The molecule has 1 amide bonds. The number of esters is 1. The van der Waals surface area contributed by atoms with Gasteiger partial charge in [-0.2, -0.15) is 0 Å². The molecule has 40 heavy (non-hydrogen) atoms. The van der Waals surface area contributed by atoms with Crippen LogP contribution >= 0.6 is 0 Å². The third kappa shape index (κ3) is 7.46. The number of amides is 1. The summed E-state index contributed by atoms with van der Waals surface area (Å²) in [5, 5.41) is 2.87. The zero-order valence-corrected chi connectivity index (χ0v) is 24.8. The van der Waals surface area contributed by atoms with Gasteiger partial charge in [0, 0.05) is 44.8 Å². The van der Waals surface area contributed by atoms with Gasteiger partial charge in [-0.3, -0.25) is 4.98 Å². The van der Waals surface area contributed by atoms with Crippen molar-refractivity contribution >= 4 is 12.1 Å². The molecule has 1 aromatic heterocycles. The van der Waals surface area contributed by atoms with Crippen LogP contribution < -0.4 is 10.1 Å². The molecule has 9 nitrogen and oxygen atoms in total. The van der Waals surface area contributed by atoms with Crippen LogP contribution in [-0.4, -0.2) is 59.4 Å². The monoisotopic (exact) mass is 558 g/mol. The molecule has 1 aliphatic heterocycles. The van der Waals surface area contributed by atoms with E-state index in [0.29, 0.717) is 23.6 Å². The average molecular weight is 559 g/mol. The third-order valence-corrected chi connectivity index (χ3v) is 8.50. The van der Waals surface area contributed by atoms with E-state index in [1.54, 1.807) is 40.8 Å². The van der Waals surface area contributed by atoms with Crippen molar-refractivity contribution < 1.29 is 33.3 Å². The number of aromatic nitrogens is 1. The molecule has 2 atom stereocenters. The fourth-order valence-electron chi connectivity index (χ4n) is 5.94. The predicted molar refractivity (Wildman–Crippen MR) is 148 cm³/mol. The molecule has 1 N–H and O–H groups in total. The van der Waals surface area contributed by atoms with Gasteiger partial charge in [-0.1, -0.05) is 12.8 Å². The Bertz CT molecular complexity index is 1070. The van der Waals surface area contributed by atoms with Gasteiger partial charge in [-0.25, -0.2) is 9.59 Å². The summed E-state index contributed by atoms with van der Waals surface area (Å²) in [5.74, 6) is -0.336. The van der Waals surface area contributed by atoms with E-state index < -0.39 is 35.1 Å². The Labute approximate surface area is 238 Å². The van der Waals surface area contributed by atoms with Crippen molar-refractivity contribution in [1.82, 2.24) is 10.3 Å². The zero-order valence-electron chi connectivity index (χ0n) is 24.8. The summed E-state index contributed by atoms with van der Waals surface area (Å²) < 4.78 is 29.9. The second kappa shape index (κ2) is 11.1. The van der Waals surface area contributed by atoms with Gasteiger partial charge in [0.2, 0.25) is 5.79 Å². The van der Waals surface area contributed by atoms with Crippen molar-refractivity contribution in [3.63, 3.8) is 0 Å². The smallest absolute Gasteiger partial charge is 0.408 e. The lowest BCUT2D eigenvalue weighted by atomic mass is 9.85. The van der Waals surface area contributed by atoms with Crippen molar-refractivity contribution in [3.8, 4) is 5.75 Å². The maximum atomic E-state index is 13.6. The van der Waals surface area contributed by atoms with Gasteiger partial charge in [-0.05, 0) is 83.1 Å². The zero-order chi connectivity index (χ0) is 28.6. The SMILES string of the molecule is CC(C)(C)OC(=O)N[C@@H](COCCC1CC1)[C@@]1(Cc2cc(OC3CCC4(CC3)CC4)ccn2)OC(C)(C)OC1=O. The largest absolute Gasteiger partial charge is 0.490 e. The number of carbonyl (C=O) groups is 2. The van der Waals surface area contributed by atoms with Crippen molar-refractivity contribution in [2.24, 2.45) is 11.3 Å². The molecule has 1 spiro atoms. The lowest BCUT2D eigenvalue weighted by Crippen LogP contribution is -2.61. The number of alkyl carbamates (subject to hydrolysis) is 1. The maximum Gasteiger partial charge on any atom is 0.408 e. The quantitative estimate of drug-likeness (QED) is 0.281. The number of hydrogen-bond donors (Lipinski definition) is 1. The first kappa shape index (κ1) is 29.1. The molecule has 2 heterocycles. The summed E-state index contributed by atoms with van der Waals surface area (Å²) in [6.07, 6.45) is 12.0. The van der Waals surface area contributed by atoms with E-state index in [1.165, 1.54) is 38.5 Å².